The van der Waals surface area contributed by atoms with E-state index in [-0.39, 0.29) is 5.97 Å². The van der Waals surface area contributed by atoms with Crippen LogP contribution in [0.3, 0.4) is 0 Å². The maximum atomic E-state index is 11.6. The Morgan fingerprint density at radius 2 is 1.95 bits per heavy atom. The van der Waals surface area contributed by atoms with Gasteiger partial charge in [-0.1, -0.05) is 36.4 Å². The van der Waals surface area contributed by atoms with E-state index in [1.807, 2.05) is 42.5 Å². The van der Waals surface area contributed by atoms with E-state index in [1.54, 1.807) is 25.1 Å². The van der Waals surface area contributed by atoms with E-state index in [4.69, 9.17) is 9.47 Å². The molecule has 114 valence electrons. The zero-order valence-corrected chi connectivity index (χ0v) is 14.4. The van der Waals surface area contributed by atoms with Gasteiger partial charge in [0.05, 0.1) is 15.7 Å². The minimum Gasteiger partial charge on any atom is -0.488 e. The highest BCUT2D eigenvalue weighted by atomic mass is 127. The quantitative estimate of drug-likeness (QED) is 0.520. The fourth-order valence-corrected chi connectivity index (χ4v) is 2.52. The van der Waals surface area contributed by atoms with Gasteiger partial charge < -0.3 is 9.47 Å². The van der Waals surface area contributed by atoms with E-state index in [0.29, 0.717) is 18.8 Å². The third-order valence-corrected chi connectivity index (χ3v) is 3.73. The number of hydrogen-bond acceptors (Lipinski definition) is 3. The van der Waals surface area contributed by atoms with Gasteiger partial charge in [0.25, 0.3) is 0 Å². The molecule has 0 radical (unpaired) electrons. The van der Waals surface area contributed by atoms with Crippen molar-refractivity contribution in [3.05, 3.63) is 69.3 Å². The molecule has 0 fully saturated rings. The van der Waals surface area contributed by atoms with Crippen LogP contribution in [0, 0.1) is 3.57 Å². The second kappa shape index (κ2) is 8.58. The number of benzene rings is 2. The van der Waals surface area contributed by atoms with Gasteiger partial charge in [0.1, 0.15) is 12.4 Å². The number of ether oxygens (including phenoxy) is 2. The first-order valence-electron chi connectivity index (χ1n) is 7.01. The van der Waals surface area contributed by atoms with Crippen molar-refractivity contribution in [1.29, 1.82) is 0 Å². The highest BCUT2D eigenvalue weighted by molar-refractivity contribution is 14.1. The molecule has 0 unspecified atom stereocenters. The van der Waals surface area contributed by atoms with Crippen molar-refractivity contribution >= 4 is 34.6 Å². The van der Waals surface area contributed by atoms with Crippen molar-refractivity contribution in [1.82, 2.24) is 0 Å². The molecule has 0 aliphatic carbocycles. The van der Waals surface area contributed by atoms with Crippen LogP contribution in [0.4, 0.5) is 0 Å². The number of halogens is 1. The Bertz CT molecular complexity index is 651. The van der Waals surface area contributed by atoms with Crippen molar-refractivity contribution in [3.63, 3.8) is 0 Å². The topological polar surface area (TPSA) is 35.5 Å². The van der Waals surface area contributed by atoms with E-state index in [0.717, 1.165) is 14.9 Å². The molecule has 0 N–H and O–H groups in total. The van der Waals surface area contributed by atoms with Gasteiger partial charge in [-0.2, -0.15) is 0 Å². The van der Waals surface area contributed by atoms with Crippen LogP contribution in [-0.2, 0) is 4.74 Å². The molecule has 0 bridgehead atoms. The van der Waals surface area contributed by atoms with Crippen LogP contribution in [0.25, 0.3) is 6.08 Å². The lowest BCUT2D eigenvalue weighted by atomic mass is 10.2. The Hall–Kier alpha value is -1.82. The predicted molar refractivity (Wildman–Crippen MR) is 96.1 cm³/mol. The lowest BCUT2D eigenvalue weighted by molar-refractivity contribution is 0.0526. The summed E-state index contributed by atoms with van der Waals surface area (Å²) in [5, 5.41) is 0. The summed E-state index contributed by atoms with van der Waals surface area (Å²) in [6.45, 7) is 2.64. The monoisotopic (exact) mass is 408 g/mol. The lowest BCUT2D eigenvalue weighted by Gasteiger charge is -2.08. The Morgan fingerprint density at radius 1 is 1.18 bits per heavy atom. The summed E-state index contributed by atoms with van der Waals surface area (Å²) < 4.78 is 11.6. The third kappa shape index (κ3) is 4.87. The minimum atomic E-state index is -0.309. The number of carbonyl (C=O) groups is 1. The lowest BCUT2D eigenvalue weighted by Crippen LogP contribution is -2.05. The molecule has 4 heteroatoms. The van der Waals surface area contributed by atoms with Gasteiger partial charge in [-0.25, -0.2) is 4.79 Å². The number of carbonyl (C=O) groups excluding carboxylic acids is 1. The van der Waals surface area contributed by atoms with Crippen molar-refractivity contribution in [2.45, 2.75) is 6.92 Å². The standard InChI is InChI=1S/C18H17IO3/c1-2-21-18(20)15-10-11-17(16(19)13-15)22-12-6-9-14-7-4-3-5-8-14/h3-11,13H,2,12H2,1H3/b9-6+. The Kier molecular flexibility index (Phi) is 6.45. The van der Waals surface area contributed by atoms with Gasteiger partial charge in [0.15, 0.2) is 0 Å². The summed E-state index contributed by atoms with van der Waals surface area (Å²) in [7, 11) is 0. The molecule has 0 heterocycles. The molecule has 0 aliphatic heterocycles. The van der Waals surface area contributed by atoms with Crippen LogP contribution in [0.2, 0.25) is 0 Å². The number of rotatable bonds is 6. The van der Waals surface area contributed by atoms with Crippen LogP contribution < -0.4 is 4.74 Å². The van der Waals surface area contributed by atoms with E-state index in [9.17, 15) is 4.79 Å². The summed E-state index contributed by atoms with van der Waals surface area (Å²) in [4.78, 5) is 11.6. The molecule has 2 rings (SSSR count). The molecule has 0 saturated carbocycles. The van der Waals surface area contributed by atoms with Crippen LogP contribution >= 0.6 is 22.6 Å². The molecule has 0 saturated heterocycles. The molecule has 0 atom stereocenters. The van der Waals surface area contributed by atoms with Crippen LogP contribution in [0.5, 0.6) is 5.75 Å². The van der Waals surface area contributed by atoms with E-state index in [1.165, 1.54) is 0 Å². The van der Waals surface area contributed by atoms with Gasteiger partial charge in [-0.3, -0.25) is 0 Å². The van der Waals surface area contributed by atoms with Gasteiger partial charge in [-0.05, 0) is 59.4 Å². The van der Waals surface area contributed by atoms with Crippen LogP contribution in [-0.4, -0.2) is 19.2 Å². The van der Waals surface area contributed by atoms with Crippen LogP contribution in [0.1, 0.15) is 22.8 Å². The van der Waals surface area contributed by atoms with Crippen molar-refractivity contribution < 1.29 is 14.3 Å². The molecule has 0 spiro atoms. The number of esters is 1. The second-order valence-corrected chi connectivity index (χ2v) is 5.65. The molecule has 0 aromatic heterocycles. The molecule has 2 aromatic carbocycles. The first-order chi connectivity index (χ1) is 10.7. The summed E-state index contributed by atoms with van der Waals surface area (Å²) in [5.41, 5.74) is 1.68. The third-order valence-electron chi connectivity index (χ3n) is 2.89. The minimum absolute atomic E-state index is 0.309. The molecule has 0 aliphatic rings. The Labute approximate surface area is 144 Å². The molecule has 3 nitrogen and oxygen atoms in total. The van der Waals surface area contributed by atoms with Gasteiger partial charge in [0, 0.05) is 0 Å². The second-order valence-electron chi connectivity index (χ2n) is 4.49. The first kappa shape index (κ1) is 16.5. The number of hydrogen-bond donors (Lipinski definition) is 0. The fraction of sp³-hybridized carbons (Fsp3) is 0.167. The molecule has 2 aromatic rings. The van der Waals surface area contributed by atoms with Gasteiger partial charge in [0.2, 0.25) is 0 Å². The summed E-state index contributed by atoms with van der Waals surface area (Å²) in [5.74, 6) is 0.447. The van der Waals surface area contributed by atoms with Crippen molar-refractivity contribution in [2.24, 2.45) is 0 Å². The zero-order chi connectivity index (χ0) is 15.8. The smallest absolute Gasteiger partial charge is 0.338 e. The fourth-order valence-electron chi connectivity index (χ4n) is 1.85. The molecular weight excluding hydrogens is 391 g/mol. The highest BCUT2D eigenvalue weighted by Gasteiger charge is 2.09. The first-order valence-corrected chi connectivity index (χ1v) is 8.09. The van der Waals surface area contributed by atoms with E-state index in [2.05, 4.69) is 22.6 Å². The predicted octanol–water partition coefficient (Wildman–Crippen LogP) is 4.56. The van der Waals surface area contributed by atoms with Gasteiger partial charge >= 0.3 is 5.97 Å². The molecule has 22 heavy (non-hydrogen) atoms. The maximum absolute atomic E-state index is 11.6. The van der Waals surface area contributed by atoms with Crippen LogP contribution in [0.15, 0.2) is 54.6 Å². The molecular formula is C18H17IO3. The summed E-state index contributed by atoms with van der Waals surface area (Å²) >= 11 is 2.15. The van der Waals surface area contributed by atoms with Crippen molar-refractivity contribution in [2.75, 3.05) is 13.2 Å². The highest BCUT2D eigenvalue weighted by Crippen LogP contribution is 2.22. The summed E-state index contributed by atoms with van der Waals surface area (Å²) in [6.07, 6.45) is 3.98. The van der Waals surface area contributed by atoms with E-state index >= 15 is 0 Å². The van der Waals surface area contributed by atoms with E-state index < -0.39 is 0 Å². The average Bonchev–Trinajstić information content (AvgIpc) is 2.54. The Balaban J connectivity index is 1.93. The largest absolute Gasteiger partial charge is 0.488 e. The average molecular weight is 408 g/mol. The Morgan fingerprint density at radius 3 is 2.64 bits per heavy atom. The molecule has 0 amide bonds. The SMILES string of the molecule is CCOC(=O)c1ccc(OC/C=C/c2ccccc2)c(I)c1. The summed E-state index contributed by atoms with van der Waals surface area (Å²) in [6, 6.07) is 15.3. The van der Waals surface area contributed by atoms with Crippen molar-refractivity contribution in [3.8, 4) is 5.75 Å². The van der Waals surface area contributed by atoms with Gasteiger partial charge in [-0.15, -0.1) is 0 Å². The normalized spacial score (nSPS) is 10.6. The maximum Gasteiger partial charge on any atom is 0.338 e. The zero-order valence-electron chi connectivity index (χ0n) is 12.3.